The molecule has 0 N–H and O–H groups in total. The molecule has 1 aromatic carbocycles. The molecule has 0 aliphatic carbocycles. The molecule has 1 saturated heterocycles. The molecule has 28 heavy (non-hydrogen) atoms. The summed E-state index contributed by atoms with van der Waals surface area (Å²) in [6, 6.07) is 12.5. The maximum Gasteiger partial charge on any atom is 0.329 e. The van der Waals surface area contributed by atoms with E-state index in [1.165, 1.54) is 7.11 Å². The number of rotatable bonds is 5. The molecule has 7 nitrogen and oxygen atoms in total. The van der Waals surface area contributed by atoms with Crippen molar-refractivity contribution in [2.24, 2.45) is 0 Å². The van der Waals surface area contributed by atoms with Gasteiger partial charge < -0.3 is 14.5 Å². The van der Waals surface area contributed by atoms with Crippen LogP contribution in [0.1, 0.15) is 16.1 Å². The third-order valence-corrected chi connectivity index (χ3v) is 4.94. The predicted molar refractivity (Wildman–Crippen MR) is 107 cm³/mol. The number of carbonyl (C=O) groups is 2. The Balaban J connectivity index is 1.74. The maximum absolute atomic E-state index is 13.1. The van der Waals surface area contributed by atoms with Crippen molar-refractivity contribution in [3.05, 3.63) is 59.9 Å². The van der Waals surface area contributed by atoms with Crippen LogP contribution in [0.4, 0.5) is 5.69 Å². The zero-order valence-corrected chi connectivity index (χ0v) is 16.5. The second-order valence-corrected chi connectivity index (χ2v) is 7.03. The van der Waals surface area contributed by atoms with Crippen LogP contribution in [0.3, 0.4) is 0 Å². The number of ether oxygens (including phenoxy) is 1. The van der Waals surface area contributed by atoms with Gasteiger partial charge >= 0.3 is 5.97 Å². The number of piperazine rings is 1. The molecular weight excluding hydrogens is 356 g/mol. The molecule has 1 amide bonds. The number of anilines is 1. The van der Waals surface area contributed by atoms with Crippen molar-refractivity contribution >= 4 is 17.6 Å². The third-order valence-electron chi connectivity index (χ3n) is 4.94. The first-order valence-electron chi connectivity index (χ1n) is 9.28. The number of aromatic nitrogens is 1. The first kappa shape index (κ1) is 19.8. The smallest absolute Gasteiger partial charge is 0.329 e. The summed E-state index contributed by atoms with van der Waals surface area (Å²) in [5.74, 6) is -0.554. The van der Waals surface area contributed by atoms with Crippen LogP contribution in [-0.4, -0.2) is 73.5 Å². The Morgan fingerprint density at radius 1 is 1.14 bits per heavy atom. The van der Waals surface area contributed by atoms with Crippen molar-refractivity contribution in [3.8, 4) is 0 Å². The molecule has 2 heterocycles. The van der Waals surface area contributed by atoms with E-state index in [1.807, 2.05) is 49.3 Å². The number of benzene rings is 1. The van der Waals surface area contributed by atoms with Crippen molar-refractivity contribution in [3.63, 3.8) is 0 Å². The lowest BCUT2D eigenvalue weighted by atomic mass is 10.1. The topological polar surface area (TPSA) is 66.0 Å². The average Bonchev–Trinajstić information content (AvgIpc) is 2.73. The lowest BCUT2D eigenvalue weighted by Crippen LogP contribution is -2.58. The number of esters is 1. The van der Waals surface area contributed by atoms with Gasteiger partial charge in [0.15, 0.2) is 0 Å². The number of hydrogen-bond acceptors (Lipinski definition) is 6. The summed E-state index contributed by atoms with van der Waals surface area (Å²) in [6.07, 6.45) is 1.75. The molecule has 1 aliphatic heterocycles. The van der Waals surface area contributed by atoms with Crippen LogP contribution in [0.15, 0.2) is 48.7 Å². The normalized spacial score (nSPS) is 17.2. The Kier molecular flexibility index (Phi) is 6.26. The van der Waals surface area contributed by atoms with Crippen LogP contribution in [0, 0.1) is 0 Å². The Morgan fingerprint density at radius 3 is 2.50 bits per heavy atom. The van der Waals surface area contributed by atoms with Crippen LogP contribution in [0.2, 0.25) is 0 Å². The van der Waals surface area contributed by atoms with Crippen LogP contribution < -0.4 is 4.90 Å². The number of pyridine rings is 1. The number of amides is 1. The molecule has 0 bridgehead atoms. The Bertz CT molecular complexity index is 808. The summed E-state index contributed by atoms with van der Waals surface area (Å²) >= 11 is 0. The zero-order chi connectivity index (χ0) is 20.1. The molecule has 3 rings (SSSR count). The van der Waals surface area contributed by atoms with Crippen molar-refractivity contribution in [1.82, 2.24) is 14.8 Å². The summed E-state index contributed by atoms with van der Waals surface area (Å²) in [5, 5.41) is 0. The highest BCUT2D eigenvalue weighted by atomic mass is 16.5. The standard InChI is InChI=1S/C21H26N4O3/c1-23(2)18-9-7-16(8-10-18)20(26)25-13-12-24(15-19(25)21(27)28-3)14-17-6-4-5-11-22-17/h4-11,19H,12-15H2,1-3H3. The van der Waals surface area contributed by atoms with Gasteiger partial charge in [0.05, 0.1) is 12.8 Å². The van der Waals surface area contributed by atoms with Gasteiger partial charge in [0, 0.05) is 57.7 Å². The fourth-order valence-corrected chi connectivity index (χ4v) is 3.35. The maximum atomic E-state index is 13.1. The summed E-state index contributed by atoms with van der Waals surface area (Å²) in [4.78, 5) is 35.5. The zero-order valence-electron chi connectivity index (χ0n) is 16.5. The van der Waals surface area contributed by atoms with Gasteiger partial charge in [-0.2, -0.15) is 0 Å². The van der Waals surface area contributed by atoms with E-state index in [0.717, 1.165) is 11.4 Å². The van der Waals surface area contributed by atoms with E-state index >= 15 is 0 Å². The lowest BCUT2D eigenvalue weighted by molar-refractivity contribution is -0.148. The van der Waals surface area contributed by atoms with Gasteiger partial charge in [-0.1, -0.05) is 6.07 Å². The first-order valence-corrected chi connectivity index (χ1v) is 9.28. The van der Waals surface area contributed by atoms with E-state index < -0.39 is 12.0 Å². The number of carbonyl (C=O) groups excluding carboxylic acids is 2. The van der Waals surface area contributed by atoms with E-state index in [2.05, 4.69) is 9.88 Å². The van der Waals surface area contributed by atoms with Gasteiger partial charge in [-0.15, -0.1) is 0 Å². The van der Waals surface area contributed by atoms with Gasteiger partial charge in [-0.05, 0) is 36.4 Å². The molecule has 0 saturated carbocycles. The number of hydrogen-bond donors (Lipinski definition) is 0. The van der Waals surface area contributed by atoms with Crippen molar-refractivity contribution in [2.45, 2.75) is 12.6 Å². The molecule has 0 spiro atoms. The minimum absolute atomic E-state index is 0.154. The van der Waals surface area contributed by atoms with E-state index in [9.17, 15) is 9.59 Å². The third kappa shape index (κ3) is 4.48. The first-order chi connectivity index (χ1) is 13.5. The van der Waals surface area contributed by atoms with Crippen molar-refractivity contribution < 1.29 is 14.3 Å². The molecule has 2 aromatic rings. The molecule has 1 aromatic heterocycles. The monoisotopic (exact) mass is 382 g/mol. The fourth-order valence-electron chi connectivity index (χ4n) is 3.35. The molecule has 1 unspecified atom stereocenters. The predicted octanol–water partition coefficient (Wildman–Crippen LogP) is 1.65. The molecule has 1 atom stereocenters. The Hall–Kier alpha value is -2.93. The molecular formula is C21H26N4O3. The summed E-state index contributed by atoms with van der Waals surface area (Å²) < 4.78 is 4.97. The highest BCUT2D eigenvalue weighted by Gasteiger charge is 2.36. The van der Waals surface area contributed by atoms with Gasteiger partial charge in [0.25, 0.3) is 5.91 Å². The van der Waals surface area contributed by atoms with Gasteiger partial charge in [0.2, 0.25) is 0 Å². The van der Waals surface area contributed by atoms with Gasteiger partial charge in [-0.3, -0.25) is 14.7 Å². The minimum atomic E-state index is -0.636. The fraction of sp³-hybridized carbons (Fsp3) is 0.381. The van der Waals surface area contributed by atoms with E-state index in [0.29, 0.717) is 31.7 Å². The highest BCUT2D eigenvalue weighted by Crippen LogP contribution is 2.19. The van der Waals surface area contributed by atoms with Crippen LogP contribution >= 0.6 is 0 Å². The highest BCUT2D eigenvalue weighted by molar-refractivity contribution is 5.97. The second-order valence-electron chi connectivity index (χ2n) is 7.03. The molecule has 148 valence electrons. The van der Waals surface area contributed by atoms with Gasteiger partial charge in [0.1, 0.15) is 6.04 Å². The Morgan fingerprint density at radius 2 is 1.89 bits per heavy atom. The summed E-state index contributed by atoms with van der Waals surface area (Å²) in [6.45, 7) is 2.19. The number of nitrogens with zero attached hydrogens (tertiary/aromatic N) is 4. The molecule has 7 heteroatoms. The molecule has 1 fully saturated rings. The van der Waals surface area contributed by atoms with Crippen LogP contribution in [-0.2, 0) is 16.1 Å². The van der Waals surface area contributed by atoms with E-state index in [4.69, 9.17) is 4.74 Å². The second kappa shape index (κ2) is 8.84. The van der Waals surface area contributed by atoms with E-state index in [1.54, 1.807) is 23.2 Å². The largest absolute Gasteiger partial charge is 0.467 e. The SMILES string of the molecule is COC(=O)C1CN(Cc2ccccn2)CCN1C(=O)c1ccc(N(C)C)cc1. The molecule has 0 radical (unpaired) electrons. The van der Waals surface area contributed by atoms with Crippen molar-refractivity contribution in [1.29, 1.82) is 0 Å². The van der Waals surface area contributed by atoms with Crippen molar-refractivity contribution in [2.75, 3.05) is 45.7 Å². The van der Waals surface area contributed by atoms with Crippen LogP contribution in [0.5, 0.6) is 0 Å². The lowest BCUT2D eigenvalue weighted by Gasteiger charge is -2.39. The van der Waals surface area contributed by atoms with Gasteiger partial charge in [-0.25, -0.2) is 4.79 Å². The average molecular weight is 382 g/mol. The molecule has 1 aliphatic rings. The quantitative estimate of drug-likeness (QED) is 0.733. The summed E-state index contributed by atoms with van der Waals surface area (Å²) in [5.41, 5.74) is 2.52. The van der Waals surface area contributed by atoms with Crippen LogP contribution in [0.25, 0.3) is 0 Å². The number of methoxy groups -OCH3 is 1. The summed E-state index contributed by atoms with van der Waals surface area (Å²) in [7, 11) is 5.25. The Labute approximate surface area is 165 Å². The minimum Gasteiger partial charge on any atom is -0.467 e. The van der Waals surface area contributed by atoms with E-state index in [-0.39, 0.29) is 5.91 Å².